The normalized spacial score (nSPS) is 22.3. The van der Waals surface area contributed by atoms with Crippen molar-refractivity contribution >= 4 is 6.01 Å². The molecule has 0 spiro atoms. The molecule has 2 unspecified atom stereocenters. The first-order valence-corrected chi connectivity index (χ1v) is 7.21. The Balaban J connectivity index is 1.69. The maximum atomic E-state index is 5.66. The first kappa shape index (κ1) is 15.2. The summed E-state index contributed by atoms with van der Waals surface area (Å²) in [4.78, 5) is 0. The number of hydrogen-bond acceptors (Lipinski definition) is 7. The maximum Gasteiger partial charge on any atom is 0.315 e. The van der Waals surface area contributed by atoms with Crippen LogP contribution in [0, 0.1) is 5.92 Å². The third-order valence-electron chi connectivity index (χ3n) is 3.49. The van der Waals surface area contributed by atoms with Crippen molar-refractivity contribution in [2.45, 2.75) is 32.4 Å². The van der Waals surface area contributed by atoms with E-state index in [-0.39, 0.29) is 0 Å². The summed E-state index contributed by atoms with van der Waals surface area (Å²) in [6.07, 6.45) is 2.48. The molecule has 7 nitrogen and oxygen atoms in total. The number of methoxy groups -OCH3 is 1. The van der Waals surface area contributed by atoms with Gasteiger partial charge in [0.05, 0.1) is 19.3 Å². The molecule has 114 valence electrons. The molecule has 20 heavy (non-hydrogen) atoms. The van der Waals surface area contributed by atoms with E-state index in [1.807, 2.05) is 0 Å². The molecule has 1 aliphatic heterocycles. The minimum absolute atomic E-state index is 0.348. The summed E-state index contributed by atoms with van der Waals surface area (Å²) in [6, 6.07) is 0.482. The van der Waals surface area contributed by atoms with Crippen LogP contribution in [0.1, 0.15) is 25.7 Å². The van der Waals surface area contributed by atoms with Gasteiger partial charge in [0.25, 0.3) is 0 Å². The fourth-order valence-electron chi connectivity index (χ4n) is 2.36. The lowest BCUT2D eigenvalue weighted by molar-refractivity contribution is 0.0899. The van der Waals surface area contributed by atoms with E-state index in [0.717, 1.165) is 32.5 Å². The van der Waals surface area contributed by atoms with Gasteiger partial charge in [-0.15, -0.1) is 5.10 Å². The maximum absolute atomic E-state index is 5.66. The van der Waals surface area contributed by atoms with Gasteiger partial charge in [0.2, 0.25) is 5.89 Å². The van der Waals surface area contributed by atoms with Crippen molar-refractivity contribution < 1.29 is 13.9 Å². The monoisotopic (exact) mass is 284 g/mol. The van der Waals surface area contributed by atoms with Crippen LogP contribution >= 0.6 is 0 Å². The van der Waals surface area contributed by atoms with E-state index in [2.05, 4.69) is 27.8 Å². The lowest BCUT2D eigenvalue weighted by Crippen LogP contribution is -2.22. The largest absolute Gasteiger partial charge is 0.407 e. The van der Waals surface area contributed by atoms with Crippen LogP contribution in [-0.2, 0) is 16.0 Å². The molecule has 0 aromatic carbocycles. The molecule has 1 aromatic heterocycles. The Bertz CT molecular complexity index is 385. The van der Waals surface area contributed by atoms with E-state index in [1.165, 1.54) is 0 Å². The summed E-state index contributed by atoms with van der Waals surface area (Å²) >= 11 is 0. The lowest BCUT2D eigenvalue weighted by atomic mass is 10.00. The van der Waals surface area contributed by atoms with Crippen LogP contribution in [0.15, 0.2) is 4.42 Å². The predicted octanol–water partition coefficient (Wildman–Crippen LogP) is 1.03. The fraction of sp³-hybridized carbons (Fsp3) is 0.846. The smallest absolute Gasteiger partial charge is 0.315 e. The number of anilines is 1. The van der Waals surface area contributed by atoms with Crippen LogP contribution in [0.4, 0.5) is 6.01 Å². The van der Waals surface area contributed by atoms with Crippen LogP contribution in [0.25, 0.3) is 0 Å². The minimum Gasteiger partial charge on any atom is -0.407 e. The van der Waals surface area contributed by atoms with Crippen molar-refractivity contribution in [3.63, 3.8) is 0 Å². The summed E-state index contributed by atoms with van der Waals surface area (Å²) < 4.78 is 16.1. The zero-order valence-corrected chi connectivity index (χ0v) is 12.2. The van der Waals surface area contributed by atoms with Gasteiger partial charge in [0.15, 0.2) is 0 Å². The molecule has 0 amide bonds. The molecule has 1 saturated heterocycles. The van der Waals surface area contributed by atoms with Crippen molar-refractivity contribution in [3.05, 3.63) is 5.89 Å². The molecule has 0 radical (unpaired) electrons. The van der Waals surface area contributed by atoms with Crippen LogP contribution in [0.3, 0.4) is 0 Å². The van der Waals surface area contributed by atoms with E-state index >= 15 is 0 Å². The number of ether oxygens (including phenoxy) is 2. The molecule has 1 aromatic rings. The average molecular weight is 284 g/mol. The molecular formula is C13H24N4O3. The first-order valence-electron chi connectivity index (χ1n) is 7.21. The molecule has 2 atom stereocenters. The molecule has 2 heterocycles. The van der Waals surface area contributed by atoms with E-state index in [9.17, 15) is 0 Å². The molecule has 2 N–H and O–H groups in total. The van der Waals surface area contributed by atoms with Gasteiger partial charge < -0.3 is 24.5 Å². The summed E-state index contributed by atoms with van der Waals surface area (Å²) in [5, 5.41) is 14.3. The lowest BCUT2D eigenvalue weighted by Gasteiger charge is -2.16. The third-order valence-corrected chi connectivity index (χ3v) is 3.49. The van der Waals surface area contributed by atoms with Crippen LogP contribution in [-0.4, -0.2) is 49.7 Å². The highest BCUT2D eigenvalue weighted by Crippen LogP contribution is 2.23. The summed E-state index contributed by atoms with van der Waals surface area (Å²) in [5.74, 6) is 1.11. The Morgan fingerprint density at radius 2 is 2.30 bits per heavy atom. The molecule has 7 heteroatoms. The van der Waals surface area contributed by atoms with Crippen molar-refractivity contribution in [1.82, 2.24) is 15.5 Å². The Kier molecular flexibility index (Phi) is 6.23. The molecule has 0 aliphatic carbocycles. The predicted molar refractivity (Wildman–Crippen MR) is 74.5 cm³/mol. The average Bonchev–Trinajstić information content (AvgIpc) is 3.10. The zero-order valence-electron chi connectivity index (χ0n) is 12.2. The van der Waals surface area contributed by atoms with Gasteiger partial charge in [-0.3, -0.25) is 0 Å². The number of rotatable bonds is 9. The van der Waals surface area contributed by atoms with E-state index in [1.54, 1.807) is 7.11 Å². The molecular weight excluding hydrogens is 260 g/mol. The zero-order chi connectivity index (χ0) is 14.2. The van der Waals surface area contributed by atoms with Crippen LogP contribution in [0.5, 0.6) is 0 Å². The highest BCUT2D eigenvalue weighted by atomic mass is 16.5. The third kappa shape index (κ3) is 4.43. The molecule has 1 fully saturated rings. The van der Waals surface area contributed by atoms with E-state index < -0.39 is 0 Å². The van der Waals surface area contributed by atoms with Crippen molar-refractivity contribution in [1.29, 1.82) is 0 Å². The second-order valence-electron chi connectivity index (χ2n) is 4.92. The van der Waals surface area contributed by atoms with E-state index in [0.29, 0.717) is 37.1 Å². The standard InChI is InChI=1S/C13H24N4O3/c1-3-11-10(4-6-19-11)8-15-13-17-16-12(20-13)9-14-5-7-18-2/h10-11,14H,3-9H2,1-2H3,(H,15,17). The fourth-order valence-corrected chi connectivity index (χ4v) is 2.36. The van der Waals surface area contributed by atoms with Gasteiger partial charge >= 0.3 is 6.01 Å². The minimum atomic E-state index is 0.348. The molecule has 0 bridgehead atoms. The number of aromatic nitrogens is 2. The van der Waals surface area contributed by atoms with Crippen LogP contribution < -0.4 is 10.6 Å². The Morgan fingerprint density at radius 3 is 3.10 bits per heavy atom. The topological polar surface area (TPSA) is 81.4 Å². The highest BCUT2D eigenvalue weighted by Gasteiger charge is 2.26. The molecule has 2 rings (SSSR count). The first-order chi connectivity index (χ1) is 9.83. The van der Waals surface area contributed by atoms with E-state index in [4.69, 9.17) is 13.9 Å². The van der Waals surface area contributed by atoms with Crippen molar-refractivity contribution in [2.75, 3.05) is 38.7 Å². The molecule has 0 saturated carbocycles. The van der Waals surface area contributed by atoms with Gasteiger partial charge in [0, 0.05) is 32.7 Å². The summed E-state index contributed by atoms with van der Waals surface area (Å²) in [6.45, 7) is 5.81. The Morgan fingerprint density at radius 1 is 1.40 bits per heavy atom. The number of nitrogens with zero attached hydrogens (tertiary/aromatic N) is 2. The Hall–Kier alpha value is -1.18. The van der Waals surface area contributed by atoms with Crippen molar-refractivity contribution in [3.8, 4) is 0 Å². The van der Waals surface area contributed by atoms with Gasteiger partial charge in [-0.25, -0.2) is 0 Å². The highest BCUT2D eigenvalue weighted by molar-refractivity contribution is 5.17. The van der Waals surface area contributed by atoms with Gasteiger partial charge in [-0.05, 0) is 12.8 Å². The molecule has 1 aliphatic rings. The van der Waals surface area contributed by atoms with Gasteiger partial charge in [0.1, 0.15) is 0 Å². The van der Waals surface area contributed by atoms with Crippen molar-refractivity contribution in [2.24, 2.45) is 5.92 Å². The Labute approximate surface area is 119 Å². The van der Waals surface area contributed by atoms with Crippen LogP contribution in [0.2, 0.25) is 0 Å². The second-order valence-corrected chi connectivity index (χ2v) is 4.92. The second kappa shape index (κ2) is 8.18. The SMILES string of the molecule is CCC1OCCC1CNc1nnc(CNCCOC)o1. The summed E-state index contributed by atoms with van der Waals surface area (Å²) in [7, 11) is 1.67. The number of hydrogen-bond donors (Lipinski definition) is 2. The number of nitrogens with one attached hydrogen (secondary N) is 2. The van der Waals surface area contributed by atoms with Gasteiger partial charge in [-0.1, -0.05) is 12.0 Å². The quantitative estimate of drug-likeness (QED) is 0.655. The van der Waals surface area contributed by atoms with Gasteiger partial charge in [-0.2, -0.15) is 0 Å². The summed E-state index contributed by atoms with van der Waals surface area (Å²) in [5.41, 5.74) is 0.